The summed E-state index contributed by atoms with van der Waals surface area (Å²) in [4.78, 5) is 4.21. The molecule has 0 radical (unpaired) electrons. The van der Waals surface area contributed by atoms with Crippen molar-refractivity contribution in [3.8, 4) is 0 Å². The van der Waals surface area contributed by atoms with Crippen LogP contribution in [0, 0.1) is 0 Å². The van der Waals surface area contributed by atoms with Crippen LogP contribution in [0.4, 0.5) is 0 Å². The van der Waals surface area contributed by atoms with Crippen LogP contribution in [0.15, 0.2) is 29.4 Å². The molecule has 1 aromatic rings. The molecule has 0 saturated heterocycles. The quantitative estimate of drug-likeness (QED) is 0.643. The van der Waals surface area contributed by atoms with Gasteiger partial charge in [0.25, 0.3) is 0 Å². The molecule has 13 heavy (non-hydrogen) atoms. The van der Waals surface area contributed by atoms with Gasteiger partial charge in [0.2, 0.25) is 0 Å². The molecular formula is C9H15BrN2O. The molecule has 0 aliphatic rings. The molecule has 0 unspecified atom stereocenters. The number of rotatable bonds is 3. The predicted molar refractivity (Wildman–Crippen MR) is 57.3 cm³/mol. The Labute approximate surface area is 88.5 Å². The third-order valence-corrected chi connectivity index (χ3v) is 1.60. The maximum absolute atomic E-state index is 9.23. The number of nitrogens with zero attached hydrogens (tertiary/aromatic N) is 2. The van der Waals surface area contributed by atoms with Gasteiger partial charge in [-0.1, -0.05) is 19.4 Å². The monoisotopic (exact) mass is 246 g/mol. The molecule has 0 saturated carbocycles. The van der Waals surface area contributed by atoms with E-state index in [9.17, 15) is 5.21 Å². The summed E-state index contributed by atoms with van der Waals surface area (Å²) in [6, 6.07) is 5.41. The Hall–Kier alpha value is -0.770. The van der Waals surface area contributed by atoms with E-state index in [1.807, 2.05) is 6.07 Å². The van der Waals surface area contributed by atoms with Crippen molar-refractivity contribution in [1.29, 1.82) is 0 Å². The summed E-state index contributed by atoms with van der Waals surface area (Å²) in [6.45, 7) is 2.90. The van der Waals surface area contributed by atoms with E-state index in [0.717, 1.165) is 24.1 Å². The molecule has 0 bridgehead atoms. The van der Waals surface area contributed by atoms with Gasteiger partial charge in [-0.05, 0) is 18.6 Å². The second-order valence-corrected chi connectivity index (χ2v) is 2.64. The van der Waals surface area contributed by atoms with Crippen molar-refractivity contribution in [1.82, 2.24) is 4.73 Å². The first-order chi connectivity index (χ1) is 5.84. The van der Waals surface area contributed by atoms with E-state index in [-0.39, 0.29) is 17.0 Å². The van der Waals surface area contributed by atoms with Crippen molar-refractivity contribution in [3.63, 3.8) is 0 Å². The Balaban J connectivity index is 0.00000144. The lowest BCUT2D eigenvalue weighted by molar-refractivity contribution is 0.171. The summed E-state index contributed by atoms with van der Waals surface area (Å²) < 4.78 is 1.04. The van der Waals surface area contributed by atoms with Gasteiger partial charge in [-0.25, -0.2) is 0 Å². The molecule has 1 N–H and O–H groups in total. The van der Waals surface area contributed by atoms with E-state index in [1.165, 1.54) is 0 Å². The predicted octanol–water partition coefficient (Wildman–Crippen LogP) is 2.00. The number of unbranched alkanes of at least 4 members (excludes halogenated alkanes) is 1. The average Bonchev–Trinajstić information content (AvgIpc) is 2.09. The molecule has 0 atom stereocenters. The van der Waals surface area contributed by atoms with Crippen molar-refractivity contribution in [2.24, 2.45) is 4.99 Å². The zero-order chi connectivity index (χ0) is 8.81. The molecular weight excluding hydrogens is 232 g/mol. The molecule has 0 spiro atoms. The first-order valence-electron chi connectivity index (χ1n) is 4.22. The zero-order valence-corrected chi connectivity index (χ0v) is 9.39. The van der Waals surface area contributed by atoms with Crippen molar-refractivity contribution >= 4 is 17.0 Å². The molecule has 74 valence electrons. The third kappa shape index (κ3) is 4.12. The maximum atomic E-state index is 9.23. The number of halogens is 1. The standard InChI is InChI=1S/C9H14N2O.BrH/c1-2-3-7-10-9-6-4-5-8-11(9)12;/h4-6,8,12H,2-3,7H2,1H3;1H. The molecule has 0 fully saturated rings. The Kier molecular flexibility index (Phi) is 6.32. The maximum Gasteiger partial charge on any atom is 0.163 e. The summed E-state index contributed by atoms with van der Waals surface area (Å²) >= 11 is 0. The lowest BCUT2D eigenvalue weighted by Crippen LogP contribution is -2.17. The van der Waals surface area contributed by atoms with Gasteiger partial charge in [0.15, 0.2) is 5.49 Å². The highest BCUT2D eigenvalue weighted by Gasteiger charge is 1.85. The van der Waals surface area contributed by atoms with Crippen LogP contribution in [0.2, 0.25) is 0 Å². The third-order valence-electron chi connectivity index (χ3n) is 1.60. The smallest absolute Gasteiger partial charge is 0.163 e. The fraction of sp³-hybridized carbons (Fsp3) is 0.444. The van der Waals surface area contributed by atoms with Crippen LogP contribution in [0.5, 0.6) is 0 Å². The molecule has 3 nitrogen and oxygen atoms in total. The van der Waals surface area contributed by atoms with Gasteiger partial charge >= 0.3 is 0 Å². The van der Waals surface area contributed by atoms with Gasteiger partial charge in [-0.2, -0.15) is 4.73 Å². The molecule has 0 amide bonds. The van der Waals surface area contributed by atoms with Crippen LogP contribution < -0.4 is 5.49 Å². The lowest BCUT2D eigenvalue weighted by Gasteiger charge is -1.96. The van der Waals surface area contributed by atoms with Crippen molar-refractivity contribution < 1.29 is 5.21 Å². The first-order valence-corrected chi connectivity index (χ1v) is 4.22. The molecule has 0 aromatic carbocycles. The topological polar surface area (TPSA) is 37.5 Å². The largest absolute Gasteiger partial charge is 0.427 e. The fourth-order valence-electron chi connectivity index (χ4n) is 0.902. The van der Waals surface area contributed by atoms with Gasteiger partial charge in [0.05, 0.1) is 0 Å². The van der Waals surface area contributed by atoms with Gasteiger partial charge in [-0.15, -0.1) is 17.0 Å². The highest BCUT2D eigenvalue weighted by Crippen LogP contribution is 1.85. The summed E-state index contributed by atoms with van der Waals surface area (Å²) in [7, 11) is 0. The number of hydrogen-bond acceptors (Lipinski definition) is 2. The number of hydrogen-bond donors (Lipinski definition) is 1. The second kappa shape index (κ2) is 6.71. The van der Waals surface area contributed by atoms with E-state index in [2.05, 4.69) is 11.9 Å². The Bertz CT molecular complexity index is 296. The van der Waals surface area contributed by atoms with Gasteiger partial charge in [-0.3, -0.25) is 4.99 Å². The van der Waals surface area contributed by atoms with E-state index in [1.54, 1.807) is 18.3 Å². The van der Waals surface area contributed by atoms with E-state index >= 15 is 0 Å². The Morgan fingerprint density at radius 3 is 2.85 bits per heavy atom. The van der Waals surface area contributed by atoms with E-state index in [4.69, 9.17) is 0 Å². The van der Waals surface area contributed by atoms with Crippen LogP contribution in [-0.4, -0.2) is 16.5 Å². The van der Waals surface area contributed by atoms with Crippen LogP contribution >= 0.6 is 17.0 Å². The molecule has 4 heteroatoms. The lowest BCUT2D eigenvalue weighted by atomic mass is 10.3. The Morgan fingerprint density at radius 2 is 2.23 bits per heavy atom. The minimum absolute atomic E-state index is 0. The number of aromatic nitrogens is 1. The highest BCUT2D eigenvalue weighted by atomic mass is 79.9. The normalized spacial score (nSPS) is 11.0. The van der Waals surface area contributed by atoms with Gasteiger partial charge in [0, 0.05) is 12.7 Å². The van der Waals surface area contributed by atoms with Crippen molar-refractivity contribution in [3.05, 3.63) is 29.9 Å². The Morgan fingerprint density at radius 1 is 1.46 bits per heavy atom. The van der Waals surface area contributed by atoms with Gasteiger partial charge < -0.3 is 5.21 Å². The minimum atomic E-state index is 0. The van der Waals surface area contributed by atoms with E-state index in [0.29, 0.717) is 5.49 Å². The molecule has 1 rings (SSSR count). The SMILES string of the molecule is Br.CCCCN=c1ccccn1O. The van der Waals surface area contributed by atoms with Gasteiger partial charge in [0.1, 0.15) is 0 Å². The van der Waals surface area contributed by atoms with Crippen molar-refractivity contribution in [2.75, 3.05) is 6.54 Å². The molecule has 1 heterocycles. The van der Waals surface area contributed by atoms with Crippen LogP contribution in [0.3, 0.4) is 0 Å². The zero-order valence-electron chi connectivity index (χ0n) is 7.68. The average molecular weight is 247 g/mol. The van der Waals surface area contributed by atoms with Crippen molar-refractivity contribution in [2.45, 2.75) is 19.8 Å². The summed E-state index contributed by atoms with van der Waals surface area (Å²) in [5.74, 6) is 0. The summed E-state index contributed by atoms with van der Waals surface area (Å²) in [6.07, 6.45) is 3.77. The molecule has 0 aliphatic carbocycles. The van der Waals surface area contributed by atoms with Crippen LogP contribution in [0.1, 0.15) is 19.8 Å². The number of pyridine rings is 1. The minimum Gasteiger partial charge on any atom is -0.427 e. The second-order valence-electron chi connectivity index (χ2n) is 2.64. The molecule has 1 aromatic heterocycles. The summed E-state index contributed by atoms with van der Waals surface area (Å²) in [5, 5.41) is 9.23. The van der Waals surface area contributed by atoms with Crippen LogP contribution in [-0.2, 0) is 0 Å². The highest BCUT2D eigenvalue weighted by molar-refractivity contribution is 8.93. The molecule has 0 aliphatic heterocycles. The summed E-state index contributed by atoms with van der Waals surface area (Å²) in [5.41, 5.74) is 0.617. The first kappa shape index (κ1) is 12.2. The van der Waals surface area contributed by atoms with E-state index < -0.39 is 0 Å². The van der Waals surface area contributed by atoms with Crippen LogP contribution in [0.25, 0.3) is 0 Å². The fourth-order valence-corrected chi connectivity index (χ4v) is 0.902.